The first-order valence-electron chi connectivity index (χ1n) is 6.16. The lowest BCUT2D eigenvalue weighted by Crippen LogP contribution is -2.35. The van der Waals surface area contributed by atoms with Crippen LogP contribution in [0.1, 0.15) is 12.5 Å². The smallest absolute Gasteiger partial charge is 0.0537 e. The molecule has 2 rings (SSSR count). The molecule has 1 unspecified atom stereocenters. The molecule has 2 aromatic carbocycles. The van der Waals surface area contributed by atoms with Crippen LogP contribution in [0.5, 0.6) is 0 Å². The SMILES string of the molecule is CC(CN)(CO)c1ccc(-c2ccccc2)cc1. The van der Waals surface area contributed by atoms with Gasteiger partial charge in [-0.05, 0) is 16.7 Å². The van der Waals surface area contributed by atoms with Crippen molar-refractivity contribution in [2.75, 3.05) is 13.2 Å². The van der Waals surface area contributed by atoms with Gasteiger partial charge in [0.25, 0.3) is 0 Å². The van der Waals surface area contributed by atoms with Gasteiger partial charge in [0, 0.05) is 12.0 Å². The lowest BCUT2D eigenvalue weighted by atomic mass is 9.83. The highest BCUT2D eigenvalue weighted by Crippen LogP contribution is 2.25. The molecule has 0 bridgehead atoms. The van der Waals surface area contributed by atoms with E-state index in [0.29, 0.717) is 6.54 Å². The van der Waals surface area contributed by atoms with Gasteiger partial charge in [0.15, 0.2) is 0 Å². The minimum Gasteiger partial charge on any atom is -0.395 e. The van der Waals surface area contributed by atoms with Crippen molar-refractivity contribution in [2.45, 2.75) is 12.3 Å². The Labute approximate surface area is 108 Å². The van der Waals surface area contributed by atoms with Gasteiger partial charge >= 0.3 is 0 Å². The molecule has 0 aliphatic carbocycles. The van der Waals surface area contributed by atoms with Gasteiger partial charge in [-0.2, -0.15) is 0 Å². The predicted molar refractivity (Wildman–Crippen MR) is 75.4 cm³/mol. The normalized spacial score (nSPS) is 14.2. The molecule has 0 radical (unpaired) electrons. The molecule has 0 saturated heterocycles. The predicted octanol–water partition coefficient (Wildman–Crippen LogP) is 2.56. The summed E-state index contributed by atoms with van der Waals surface area (Å²) >= 11 is 0. The summed E-state index contributed by atoms with van der Waals surface area (Å²) in [6.07, 6.45) is 0. The van der Waals surface area contributed by atoms with Crippen molar-refractivity contribution in [3.05, 3.63) is 60.2 Å². The number of aliphatic hydroxyl groups is 1. The third kappa shape index (κ3) is 2.45. The van der Waals surface area contributed by atoms with Crippen LogP contribution in [0.15, 0.2) is 54.6 Å². The number of benzene rings is 2. The Kier molecular flexibility index (Phi) is 3.80. The van der Waals surface area contributed by atoms with Crippen molar-refractivity contribution in [3.63, 3.8) is 0 Å². The quantitative estimate of drug-likeness (QED) is 0.864. The van der Waals surface area contributed by atoms with E-state index in [1.54, 1.807) is 0 Å². The maximum Gasteiger partial charge on any atom is 0.0537 e. The third-order valence-electron chi connectivity index (χ3n) is 3.49. The third-order valence-corrected chi connectivity index (χ3v) is 3.49. The average Bonchev–Trinajstić information content (AvgIpc) is 2.47. The van der Waals surface area contributed by atoms with Gasteiger partial charge in [-0.25, -0.2) is 0 Å². The van der Waals surface area contributed by atoms with E-state index in [0.717, 1.165) is 5.56 Å². The molecular weight excluding hydrogens is 222 g/mol. The number of hydrogen-bond acceptors (Lipinski definition) is 2. The molecule has 0 aliphatic heterocycles. The molecule has 1 atom stereocenters. The molecule has 2 nitrogen and oxygen atoms in total. The molecule has 2 aromatic rings. The summed E-state index contributed by atoms with van der Waals surface area (Å²) in [6.45, 7) is 2.48. The topological polar surface area (TPSA) is 46.2 Å². The average molecular weight is 241 g/mol. The second-order valence-corrected chi connectivity index (χ2v) is 4.87. The highest BCUT2D eigenvalue weighted by atomic mass is 16.3. The molecule has 0 aliphatic rings. The second-order valence-electron chi connectivity index (χ2n) is 4.87. The zero-order valence-corrected chi connectivity index (χ0v) is 10.6. The van der Waals surface area contributed by atoms with E-state index in [4.69, 9.17) is 5.73 Å². The lowest BCUT2D eigenvalue weighted by molar-refractivity contribution is 0.210. The van der Waals surface area contributed by atoms with Crippen molar-refractivity contribution >= 4 is 0 Å². The lowest BCUT2D eigenvalue weighted by Gasteiger charge is -2.26. The summed E-state index contributed by atoms with van der Waals surface area (Å²) in [7, 11) is 0. The highest BCUT2D eigenvalue weighted by molar-refractivity contribution is 5.63. The molecule has 94 valence electrons. The van der Waals surface area contributed by atoms with E-state index in [1.165, 1.54) is 11.1 Å². The van der Waals surface area contributed by atoms with Crippen LogP contribution in [0, 0.1) is 0 Å². The van der Waals surface area contributed by atoms with Crippen LogP contribution in [-0.2, 0) is 5.41 Å². The van der Waals surface area contributed by atoms with Crippen molar-refractivity contribution in [2.24, 2.45) is 5.73 Å². The molecule has 18 heavy (non-hydrogen) atoms. The number of aliphatic hydroxyl groups excluding tert-OH is 1. The van der Waals surface area contributed by atoms with Gasteiger partial charge < -0.3 is 10.8 Å². The summed E-state index contributed by atoms with van der Waals surface area (Å²) in [6, 6.07) is 18.5. The first kappa shape index (κ1) is 12.8. The Hall–Kier alpha value is -1.64. The fourth-order valence-corrected chi connectivity index (χ4v) is 1.97. The van der Waals surface area contributed by atoms with E-state index in [9.17, 15) is 5.11 Å². The number of nitrogens with two attached hydrogens (primary N) is 1. The van der Waals surface area contributed by atoms with E-state index in [-0.39, 0.29) is 12.0 Å². The first-order chi connectivity index (χ1) is 8.69. The highest BCUT2D eigenvalue weighted by Gasteiger charge is 2.23. The molecule has 2 heteroatoms. The molecular formula is C16H19NO. The zero-order chi connectivity index (χ0) is 13.0. The van der Waals surface area contributed by atoms with Gasteiger partial charge in [-0.15, -0.1) is 0 Å². The van der Waals surface area contributed by atoms with Gasteiger partial charge in [-0.1, -0.05) is 61.5 Å². The Morgan fingerprint density at radius 2 is 1.50 bits per heavy atom. The molecule has 0 aromatic heterocycles. The fraction of sp³-hybridized carbons (Fsp3) is 0.250. The van der Waals surface area contributed by atoms with Crippen LogP contribution < -0.4 is 5.73 Å². The maximum atomic E-state index is 9.45. The monoisotopic (exact) mass is 241 g/mol. The molecule has 0 amide bonds. The second kappa shape index (κ2) is 5.34. The van der Waals surface area contributed by atoms with E-state index < -0.39 is 0 Å². The summed E-state index contributed by atoms with van der Waals surface area (Å²) in [5.41, 5.74) is 8.84. The number of rotatable bonds is 4. The Bertz CT molecular complexity index is 486. The summed E-state index contributed by atoms with van der Waals surface area (Å²) in [5.74, 6) is 0. The van der Waals surface area contributed by atoms with Crippen LogP contribution in [0.2, 0.25) is 0 Å². The molecule has 0 saturated carbocycles. The van der Waals surface area contributed by atoms with Gasteiger partial charge in [0.05, 0.1) is 6.61 Å². The molecule has 0 heterocycles. The van der Waals surface area contributed by atoms with E-state index >= 15 is 0 Å². The van der Waals surface area contributed by atoms with Crippen molar-refractivity contribution in [1.82, 2.24) is 0 Å². The summed E-state index contributed by atoms with van der Waals surface area (Å²) in [5, 5.41) is 9.45. The zero-order valence-electron chi connectivity index (χ0n) is 10.6. The van der Waals surface area contributed by atoms with E-state index in [1.807, 2.05) is 37.3 Å². The summed E-state index contributed by atoms with van der Waals surface area (Å²) < 4.78 is 0. The standard InChI is InChI=1S/C16H19NO/c1-16(11-17,12-18)15-9-7-14(8-10-15)13-5-3-2-4-6-13/h2-10,18H,11-12,17H2,1H3. The van der Waals surface area contributed by atoms with Crippen LogP contribution in [-0.4, -0.2) is 18.3 Å². The van der Waals surface area contributed by atoms with Crippen LogP contribution in [0.3, 0.4) is 0 Å². The fourth-order valence-electron chi connectivity index (χ4n) is 1.97. The molecule has 3 N–H and O–H groups in total. The summed E-state index contributed by atoms with van der Waals surface area (Å²) in [4.78, 5) is 0. The Balaban J connectivity index is 2.31. The van der Waals surface area contributed by atoms with Crippen molar-refractivity contribution < 1.29 is 5.11 Å². The van der Waals surface area contributed by atoms with E-state index in [2.05, 4.69) is 24.3 Å². The van der Waals surface area contributed by atoms with Crippen molar-refractivity contribution in [1.29, 1.82) is 0 Å². The van der Waals surface area contributed by atoms with Crippen molar-refractivity contribution in [3.8, 4) is 11.1 Å². The Morgan fingerprint density at radius 1 is 0.944 bits per heavy atom. The minimum absolute atomic E-state index is 0.0637. The van der Waals surface area contributed by atoms with Crippen LogP contribution in [0.25, 0.3) is 11.1 Å². The molecule has 0 spiro atoms. The number of hydrogen-bond donors (Lipinski definition) is 2. The van der Waals surface area contributed by atoms with Crippen LogP contribution in [0.4, 0.5) is 0 Å². The van der Waals surface area contributed by atoms with Gasteiger partial charge in [0.2, 0.25) is 0 Å². The maximum absolute atomic E-state index is 9.45. The minimum atomic E-state index is -0.352. The van der Waals surface area contributed by atoms with Crippen LogP contribution >= 0.6 is 0 Å². The Morgan fingerprint density at radius 3 is 2.00 bits per heavy atom. The van der Waals surface area contributed by atoms with Gasteiger partial charge in [-0.3, -0.25) is 0 Å². The van der Waals surface area contributed by atoms with Gasteiger partial charge in [0.1, 0.15) is 0 Å². The molecule has 0 fully saturated rings. The largest absolute Gasteiger partial charge is 0.395 e. The first-order valence-corrected chi connectivity index (χ1v) is 6.16.